The summed E-state index contributed by atoms with van der Waals surface area (Å²) in [5.41, 5.74) is 7.96. The van der Waals surface area contributed by atoms with Crippen LogP contribution in [0.3, 0.4) is 0 Å². The number of carboxylic acid groups (broad SMARTS) is 1. The van der Waals surface area contributed by atoms with E-state index in [4.69, 9.17) is 14.6 Å². The van der Waals surface area contributed by atoms with Crippen LogP contribution < -0.4 is 9.47 Å². The molecule has 6 nitrogen and oxygen atoms in total. The predicted molar refractivity (Wildman–Crippen MR) is 146 cm³/mol. The Kier molecular flexibility index (Phi) is 8.22. The molecule has 1 atom stereocenters. The molecule has 1 N–H and O–H groups in total. The first-order valence-corrected chi connectivity index (χ1v) is 14.6. The number of ether oxygens (including phenoxy) is 2. The second-order valence-corrected chi connectivity index (χ2v) is 12.2. The van der Waals surface area contributed by atoms with Crippen molar-refractivity contribution in [2.45, 2.75) is 45.4 Å². The largest absolute Gasteiger partial charge is 0.494 e. The monoisotopic (exact) mass is 522 g/mol. The highest BCUT2D eigenvalue weighted by molar-refractivity contribution is 7.90. The normalized spacial score (nSPS) is 14.7. The molecule has 7 heteroatoms. The van der Waals surface area contributed by atoms with Gasteiger partial charge in [0.15, 0.2) is 0 Å². The van der Waals surface area contributed by atoms with E-state index in [1.54, 1.807) is 0 Å². The van der Waals surface area contributed by atoms with Crippen LogP contribution in [0, 0.1) is 13.8 Å². The molecular formula is C30H34O6S. The molecule has 0 radical (unpaired) electrons. The SMILES string of the molecule is Cc1cc(OCCCS(C)(=O)=O)cc(C)c1-c1cccc(CCc2ccc3c(c2)OC[C@H]3CC(=O)O)c1. The Hall–Kier alpha value is -3.32. The van der Waals surface area contributed by atoms with E-state index in [1.165, 1.54) is 22.9 Å². The first-order chi connectivity index (χ1) is 17.6. The number of benzene rings is 3. The molecule has 0 aliphatic carbocycles. The van der Waals surface area contributed by atoms with E-state index in [1.807, 2.05) is 24.3 Å². The summed E-state index contributed by atoms with van der Waals surface area (Å²) < 4.78 is 34.2. The second-order valence-electron chi connectivity index (χ2n) is 9.94. The number of carbonyl (C=O) groups is 1. The van der Waals surface area contributed by atoms with Gasteiger partial charge in [-0.1, -0.05) is 36.4 Å². The van der Waals surface area contributed by atoms with Crippen molar-refractivity contribution in [1.82, 2.24) is 0 Å². The molecule has 0 saturated heterocycles. The summed E-state index contributed by atoms with van der Waals surface area (Å²) in [7, 11) is -2.98. The highest BCUT2D eigenvalue weighted by atomic mass is 32.2. The summed E-state index contributed by atoms with van der Waals surface area (Å²) in [6.07, 6.45) is 3.55. The average Bonchev–Trinajstić information content (AvgIpc) is 3.21. The Labute approximate surface area is 219 Å². The van der Waals surface area contributed by atoms with Crippen molar-refractivity contribution in [3.05, 3.63) is 82.4 Å². The number of hydrogen-bond donors (Lipinski definition) is 1. The van der Waals surface area contributed by atoms with Crippen molar-refractivity contribution in [2.24, 2.45) is 0 Å². The highest BCUT2D eigenvalue weighted by Gasteiger charge is 2.26. The van der Waals surface area contributed by atoms with Gasteiger partial charge in [0.2, 0.25) is 0 Å². The molecule has 4 rings (SSSR count). The molecule has 0 amide bonds. The average molecular weight is 523 g/mol. The maximum absolute atomic E-state index is 11.3. The summed E-state index contributed by atoms with van der Waals surface area (Å²) in [5.74, 6) is 0.811. The number of aryl methyl sites for hydroxylation is 4. The molecule has 196 valence electrons. The minimum absolute atomic E-state index is 0.0750. The number of rotatable bonds is 11. The van der Waals surface area contributed by atoms with Gasteiger partial charge in [0.25, 0.3) is 0 Å². The van der Waals surface area contributed by atoms with Gasteiger partial charge >= 0.3 is 5.97 Å². The van der Waals surface area contributed by atoms with Crippen molar-refractivity contribution < 1.29 is 27.8 Å². The number of carboxylic acids is 1. The molecule has 0 unspecified atom stereocenters. The Bertz CT molecular complexity index is 1370. The van der Waals surface area contributed by atoms with Crippen LogP contribution in [0.5, 0.6) is 11.5 Å². The van der Waals surface area contributed by atoms with Crippen molar-refractivity contribution in [3.8, 4) is 22.6 Å². The molecular weight excluding hydrogens is 488 g/mol. The second kappa shape index (κ2) is 11.4. The Morgan fingerprint density at radius 2 is 1.73 bits per heavy atom. The van der Waals surface area contributed by atoms with Crippen LogP contribution in [0.4, 0.5) is 0 Å². The lowest BCUT2D eigenvalue weighted by atomic mass is 9.92. The number of aliphatic carboxylic acids is 1. The van der Waals surface area contributed by atoms with E-state index in [9.17, 15) is 13.2 Å². The van der Waals surface area contributed by atoms with Gasteiger partial charge < -0.3 is 14.6 Å². The summed E-state index contributed by atoms with van der Waals surface area (Å²) in [6.45, 7) is 4.94. The Balaban J connectivity index is 1.42. The zero-order chi connectivity index (χ0) is 26.6. The van der Waals surface area contributed by atoms with Crippen LogP contribution in [-0.4, -0.2) is 44.7 Å². The first-order valence-electron chi connectivity index (χ1n) is 12.6. The standard InChI is InChI=1S/C30H34O6S/c1-20-14-26(35-12-5-13-37(3,33)34)15-21(2)30(20)24-7-4-6-22(16-24)8-9-23-10-11-27-25(18-29(31)32)19-36-28(27)17-23/h4,6-7,10-11,14-17,25H,5,8-9,12-13,18-19H2,1-3H3,(H,31,32)/t25-/m1/s1. The third kappa shape index (κ3) is 7.13. The molecule has 1 aliphatic heterocycles. The van der Waals surface area contributed by atoms with E-state index in [-0.39, 0.29) is 18.1 Å². The van der Waals surface area contributed by atoms with Gasteiger partial charge in [0, 0.05) is 17.7 Å². The van der Waals surface area contributed by atoms with Crippen molar-refractivity contribution in [2.75, 3.05) is 25.2 Å². The van der Waals surface area contributed by atoms with Crippen LogP contribution in [0.15, 0.2) is 54.6 Å². The Morgan fingerprint density at radius 3 is 2.41 bits per heavy atom. The molecule has 0 saturated carbocycles. The fraction of sp³-hybridized carbons (Fsp3) is 0.367. The highest BCUT2D eigenvalue weighted by Crippen LogP contribution is 2.37. The minimum Gasteiger partial charge on any atom is -0.494 e. The predicted octanol–water partition coefficient (Wildman–Crippen LogP) is 5.52. The lowest BCUT2D eigenvalue weighted by molar-refractivity contribution is -0.137. The fourth-order valence-corrected chi connectivity index (χ4v) is 5.64. The summed E-state index contributed by atoms with van der Waals surface area (Å²) in [4.78, 5) is 11.1. The van der Waals surface area contributed by atoms with E-state index < -0.39 is 15.8 Å². The smallest absolute Gasteiger partial charge is 0.304 e. The van der Waals surface area contributed by atoms with Crippen LogP contribution in [0.2, 0.25) is 0 Å². The first kappa shape index (κ1) is 26.7. The molecule has 0 spiro atoms. The number of hydrogen-bond acceptors (Lipinski definition) is 5. The zero-order valence-corrected chi connectivity index (χ0v) is 22.4. The third-order valence-electron chi connectivity index (χ3n) is 6.73. The lowest BCUT2D eigenvalue weighted by Crippen LogP contribution is -2.08. The van der Waals surface area contributed by atoms with E-state index in [0.29, 0.717) is 19.6 Å². The molecule has 3 aromatic rings. The molecule has 0 fully saturated rings. The Morgan fingerprint density at radius 1 is 1.03 bits per heavy atom. The van der Waals surface area contributed by atoms with Crippen LogP contribution >= 0.6 is 0 Å². The maximum atomic E-state index is 11.3. The van der Waals surface area contributed by atoms with E-state index in [0.717, 1.165) is 46.6 Å². The maximum Gasteiger partial charge on any atom is 0.304 e. The third-order valence-corrected chi connectivity index (χ3v) is 7.76. The molecule has 0 aromatic heterocycles. The zero-order valence-electron chi connectivity index (χ0n) is 21.6. The van der Waals surface area contributed by atoms with Crippen LogP contribution in [-0.2, 0) is 27.5 Å². The summed E-state index contributed by atoms with van der Waals surface area (Å²) in [6, 6.07) is 18.7. The molecule has 1 heterocycles. The topological polar surface area (TPSA) is 89.9 Å². The minimum atomic E-state index is -2.98. The summed E-state index contributed by atoms with van der Waals surface area (Å²) >= 11 is 0. The molecule has 1 aliphatic rings. The van der Waals surface area contributed by atoms with E-state index >= 15 is 0 Å². The fourth-order valence-electron chi connectivity index (χ4n) is 5.00. The van der Waals surface area contributed by atoms with E-state index in [2.05, 4.69) is 44.2 Å². The van der Waals surface area contributed by atoms with Crippen molar-refractivity contribution in [3.63, 3.8) is 0 Å². The van der Waals surface area contributed by atoms with Gasteiger partial charge in [-0.15, -0.1) is 0 Å². The van der Waals surface area contributed by atoms with Gasteiger partial charge in [-0.2, -0.15) is 0 Å². The molecule has 37 heavy (non-hydrogen) atoms. The van der Waals surface area contributed by atoms with Gasteiger partial charge in [-0.05, 0) is 84.7 Å². The van der Waals surface area contributed by atoms with Gasteiger partial charge in [0.1, 0.15) is 21.3 Å². The van der Waals surface area contributed by atoms with Crippen molar-refractivity contribution in [1.29, 1.82) is 0 Å². The summed E-state index contributed by atoms with van der Waals surface area (Å²) in [5, 5.41) is 9.10. The van der Waals surface area contributed by atoms with Gasteiger partial charge in [-0.25, -0.2) is 8.42 Å². The quantitative estimate of drug-likeness (QED) is 0.334. The van der Waals surface area contributed by atoms with Crippen molar-refractivity contribution >= 4 is 15.8 Å². The molecule has 0 bridgehead atoms. The number of sulfone groups is 1. The lowest BCUT2D eigenvalue weighted by Gasteiger charge is -2.15. The molecule has 3 aromatic carbocycles. The van der Waals surface area contributed by atoms with Gasteiger partial charge in [-0.3, -0.25) is 4.79 Å². The van der Waals surface area contributed by atoms with Gasteiger partial charge in [0.05, 0.1) is 25.4 Å². The van der Waals surface area contributed by atoms with Crippen LogP contribution in [0.1, 0.15) is 46.6 Å². The number of fused-ring (bicyclic) bond motifs is 1. The van der Waals surface area contributed by atoms with Crippen LogP contribution in [0.25, 0.3) is 11.1 Å².